The molecule has 0 atom stereocenters. The fourth-order valence-electron chi connectivity index (χ4n) is 3.83. The largest absolute Gasteiger partial charge is 0.351 e. The number of nitrogens with one attached hydrogen (secondary N) is 1. The van der Waals surface area contributed by atoms with Gasteiger partial charge in [-0.15, -0.1) is 12.4 Å². The van der Waals surface area contributed by atoms with Crippen LogP contribution in [0.4, 0.5) is 10.3 Å². The highest BCUT2D eigenvalue weighted by atomic mass is 35.5. The summed E-state index contributed by atoms with van der Waals surface area (Å²) in [5.41, 5.74) is 0.580. The minimum Gasteiger partial charge on any atom is -0.351 e. The van der Waals surface area contributed by atoms with Crippen molar-refractivity contribution in [1.29, 1.82) is 0 Å². The molecular formula is C21H25ClFN5O3S. The Morgan fingerprint density at radius 3 is 2.53 bits per heavy atom. The number of benzene rings is 1. The van der Waals surface area contributed by atoms with E-state index in [0.29, 0.717) is 42.9 Å². The molecule has 32 heavy (non-hydrogen) atoms. The zero-order chi connectivity index (χ0) is 22.2. The molecule has 172 valence electrons. The number of hydrogen-bond acceptors (Lipinski definition) is 6. The summed E-state index contributed by atoms with van der Waals surface area (Å²) in [6.45, 7) is 2.54. The van der Waals surface area contributed by atoms with Crippen LogP contribution in [0.25, 0.3) is 22.2 Å². The topological polar surface area (TPSA) is 97.2 Å². The molecule has 3 aromatic rings. The quantitative estimate of drug-likeness (QED) is 0.602. The molecule has 4 rings (SSSR count). The van der Waals surface area contributed by atoms with Gasteiger partial charge in [0.05, 0.1) is 11.3 Å². The number of anilines is 1. The molecule has 1 N–H and O–H groups in total. The molecule has 1 aliphatic heterocycles. The van der Waals surface area contributed by atoms with Crippen LogP contribution in [0.1, 0.15) is 19.8 Å². The highest BCUT2D eigenvalue weighted by Crippen LogP contribution is 2.23. The minimum atomic E-state index is -3.18. The van der Waals surface area contributed by atoms with Crippen molar-refractivity contribution in [3.63, 3.8) is 0 Å². The Bertz CT molecular complexity index is 1290. The van der Waals surface area contributed by atoms with Gasteiger partial charge in [-0.1, -0.05) is 18.2 Å². The number of halogens is 2. The van der Waals surface area contributed by atoms with Crippen molar-refractivity contribution >= 4 is 39.4 Å². The molecule has 0 bridgehead atoms. The third-order valence-electron chi connectivity index (χ3n) is 5.66. The summed E-state index contributed by atoms with van der Waals surface area (Å²) in [6, 6.07) is 7.79. The molecule has 2 aromatic heterocycles. The molecule has 1 fully saturated rings. The number of pyridine rings is 1. The van der Waals surface area contributed by atoms with Gasteiger partial charge in [0.1, 0.15) is 11.5 Å². The van der Waals surface area contributed by atoms with E-state index < -0.39 is 15.8 Å². The Morgan fingerprint density at radius 2 is 1.88 bits per heavy atom. The maximum absolute atomic E-state index is 14.2. The second kappa shape index (κ2) is 9.51. The van der Waals surface area contributed by atoms with Gasteiger partial charge in [0.15, 0.2) is 0 Å². The summed E-state index contributed by atoms with van der Waals surface area (Å²) in [5.74, 6) is 0.00873. The van der Waals surface area contributed by atoms with E-state index in [2.05, 4.69) is 15.3 Å². The zero-order valence-electron chi connectivity index (χ0n) is 17.8. The second-order valence-corrected chi connectivity index (χ2v) is 9.85. The van der Waals surface area contributed by atoms with Crippen LogP contribution in [-0.4, -0.2) is 52.1 Å². The molecule has 11 heteroatoms. The van der Waals surface area contributed by atoms with E-state index in [1.165, 1.54) is 14.9 Å². The fraction of sp³-hybridized carbons (Fsp3) is 0.381. The number of fused-ring (bicyclic) bond motifs is 1. The van der Waals surface area contributed by atoms with Crippen LogP contribution in [0.2, 0.25) is 0 Å². The number of aromatic nitrogens is 3. The van der Waals surface area contributed by atoms with E-state index in [0.717, 1.165) is 0 Å². The van der Waals surface area contributed by atoms with E-state index in [4.69, 9.17) is 0 Å². The molecule has 0 radical (unpaired) electrons. The van der Waals surface area contributed by atoms with Crippen LogP contribution in [0.5, 0.6) is 0 Å². The summed E-state index contributed by atoms with van der Waals surface area (Å²) in [7, 11) is -1.58. The number of sulfonamides is 1. The lowest BCUT2D eigenvalue weighted by atomic mass is 10.1. The summed E-state index contributed by atoms with van der Waals surface area (Å²) >= 11 is 0. The Kier molecular flexibility index (Phi) is 7.16. The van der Waals surface area contributed by atoms with Gasteiger partial charge in [0, 0.05) is 43.3 Å². The van der Waals surface area contributed by atoms with E-state index in [9.17, 15) is 17.6 Å². The van der Waals surface area contributed by atoms with Crippen LogP contribution >= 0.6 is 12.4 Å². The Labute approximate surface area is 192 Å². The van der Waals surface area contributed by atoms with Gasteiger partial charge in [-0.05, 0) is 31.9 Å². The Hall–Kier alpha value is -2.56. The number of aryl methyl sites for hydroxylation is 1. The Balaban J connectivity index is 0.00000289. The van der Waals surface area contributed by atoms with Crippen LogP contribution < -0.4 is 10.9 Å². The van der Waals surface area contributed by atoms with Gasteiger partial charge in [-0.25, -0.2) is 22.1 Å². The van der Waals surface area contributed by atoms with E-state index in [-0.39, 0.29) is 40.9 Å². The predicted molar refractivity (Wildman–Crippen MR) is 125 cm³/mol. The van der Waals surface area contributed by atoms with Crippen molar-refractivity contribution < 1.29 is 12.8 Å². The van der Waals surface area contributed by atoms with Crippen LogP contribution in [-0.2, 0) is 17.1 Å². The summed E-state index contributed by atoms with van der Waals surface area (Å²) in [4.78, 5) is 21.7. The summed E-state index contributed by atoms with van der Waals surface area (Å²) < 4.78 is 41.1. The average molecular weight is 482 g/mol. The van der Waals surface area contributed by atoms with Crippen molar-refractivity contribution in [3.8, 4) is 11.1 Å². The van der Waals surface area contributed by atoms with Crippen molar-refractivity contribution in [2.24, 2.45) is 7.05 Å². The van der Waals surface area contributed by atoms with Crippen molar-refractivity contribution in [1.82, 2.24) is 18.8 Å². The third kappa shape index (κ3) is 4.62. The van der Waals surface area contributed by atoms with Gasteiger partial charge in [-0.2, -0.15) is 4.98 Å². The molecule has 1 aliphatic rings. The first-order chi connectivity index (χ1) is 14.8. The maximum Gasteiger partial charge on any atom is 0.259 e. The molecule has 0 saturated carbocycles. The van der Waals surface area contributed by atoms with Crippen LogP contribution in [0.15, 0.2) is 41.3 Å². The van der Waals surface area contributed by atoms with Gasteiger partial charge in [-0.3, -0.25) is 9.36 Å². The molecule has 0 unspecified atom stereocenters. The smallest absolute Gasteiger partial charge is 0.259 e. The van der Waals surface area contributed by atoms with E-state index in [1.54, 1.807) is 44.4 Å². The molecular weight excluding hydrogens is 457 g/mol. The van der Waals surface area contributed by atoms with Crippen LogP contribution in [0, 0.1) is 5.82 Å². The van der Waals surface area contributed by atoms with Crippen molar-refractivity contribution in [2.75, 3.05) is 24.2 Å². The number of hydrogen-bond donors (Lipinski definition) is 1. The first-order valence-corrected chi connectivity index (χ1v) is 11.8. The fourth-order valence-corrected chi connectivity index (χ4v) is 4.96. The van der Waals surface area contributed by atoms with Gasteiger partial charge in [0.25, 0.3) is 5.56 Å². The SMILES string of the molecule is CCS(=O)(=O)N1CCC(Nc2ncc3cc(-c4ccccc4F)c(=O)n(C)c3n2)CC1.Cl. The lowest BCUT2D eigenvalue weighted by Gasteiger charge is -2.31. The molecule has 1 saturated heterocycles. The van der Waals surface area contributed by atoms with Crippen molar-refractivity contribution in [2.45, 2.75) is 25.8 Å². The Morgan fingerprint density at radius 1 is 1.19 bits per heavy atom. The highest BCUT2D eigenvalue weighted by Gasteiger charge is 2.27. The lowest BCUT2D eigenvalue weighted by molar-refractivity contribution is 0.329. The summed E-state index contributed by atoms with van der Waals surface area (Å²) in [6.07, 6.45) is 2.89. The molecule has 8 nitrogen and oxygen atoms in total. The first kappa shape index (κ1) is 24.1. The van der Waals surface area contributed by atoms with Gasteiger partial charge < -0.3 is 5.32 Å². The van der Waals surface area contributed by atoms with E-state index >= 15 is 0 Å². The monoisotopic (exact) mass is 481 g/mol. The average Bonchev–Trinajstić information content (AvgIpc) is 2.77. The molecule has 0 aliphatic carbocycles. The number of rotatable bonds is 5. The standard InChI is InChI=1S/C21H24FN5O3S.ClH/c1-3-31(29,30)27-10-8-15(9-11-27)24-21-23-13-14-12-17(16-6-4-5-7-18(16)22)20(28)26(2)19(14)25-21;/h4-7,12-13,15H,3,8-11H2,1-2H3,(H,23,24,25);1H. The highest BCUT2D eigenvalue weighted by molar-refractivity contribution is 7.89. The number of nitrogens with zero attached hydrogens (tertiary/aromatic N) is 4. The number of piperidine rings is 1. The van der Waals surface area contributed by atoms with Crippen molar-refractivity contribution in [3.05, 3.63) is 52.7 Å². The third-order valence-corrected chi connectivity index (χ3v) is 7.54. The molecule has 3 heterocycles. The normalized spacial score (nSPS) is 15.5. The van der Waals surface area contributed by atoms with Crippen LogP contribution in [0.3, 0.4) is 0 Å². The van der Waals surface area contributed by atoms with Gasteiger partial charge >= 0.3 is 0 Å². The first-order valence-electron chi connectivity index (χ1n) is 10.2. The minimum absolute atomic E-state index is 0. The summed E-state index contributed by atoms with van der Waals surface area (Å²) in [5, 5.41) is 3.87. The molecule has 0 spiro atoms. The maximum atomic E-state index is 14.2. The van der Waals surface area contributed by atoms with E-state index in [1.807, 2.05) is 0 Å². The molecule has 0 amide bonds. The zero-order valence-corrected chi connectivity index (χ0v) is 19.4. The predicted octanol–water partition coefficient (Wildman–Crippen LogP) is 2.78. The molecule has 1 aromatic carbocycles. The van der Waals surface area contributed by atoms with Gasteiger partial charge in [0.2, 0.25) is 16.0 Å². The second-order valence-electron chi connectivity index (χ2n) is 7.59. The lowest BCUT2D eigenvalue weighted by Crippen LogP contribution is -2.43.